The highest BCUT2D eigenvalue weighted by Crippen LogP contribution is 2.32. The lowest BCUT2D eigenvalue weighted by Gasteiger charge is -2.30. The zero-order valence-electron chi connectivity index (χ0n) is 15.6. The summed E-state index contributed by atoms with van der Waals surface area (Å²) in [5.74, 6) is 0.163. The summed E-state index contributed by atoms with van der Waals surface area (Å²) in [5, 5.41) is 14.0. The Balaban J connectivity index is 1.67. The van der Waals surface area contributed by atoms with Gasteiger partial charge in [-0.05, 0) is 38.0 Å². The van der Waals surface area contributed by atoms with Crippen LogP contribution in [0, 0.1) is 23.0 Å². The van der Waals surface area contributed by atoms with E-state index in [4.69, 9.17) is 16.0 Å². The summed E-state index contributed by atoms with van der Waals surface area (Å²) in [7, 11) is -3.96. The first-order chi connectivity index (χ1) is 13.7. The maximum atomic E-state index is 12.9. The molecule has 0 bridgehead atoms. The molecule has 29 heavy (non-hydrogen) atoms. The minimum absolute atomic E-state index is 0.0185. The summed E-state index contributed by atoms with van der Waals surface area (Å²) < 4.78 is 32.2. The minimum Gasteiger partial charge on any atom is -0.467 e. The maximum absolute atomic E-state index is 12.9. The lowest BCUT2D eigenvalue weighted by atomic mass is 9.97. The second-order valence-corrected chi connectivity index (χ2v) is 9.13. The molecular weight excluding hydrogens is 422 g/mol. The average molecular weight is 442 g/mol. The zero-order chi connectivity index (χ0) is 21.2. The van der Waals surface area contributed by atoms with E-state index >= 15 is 0 Å². The highest BCUT2D eigenvalue weighted by Gasteiger charge is 2.33. The van der Waals surface area contributed by atoms with E-state index in [-0.39, 0.29) is 52.6 Å². The number of nitrogens with zero attached hydrogens (tertiary/aromatic N) is 2. The van der Waals surface area contributed by atoms with E-state index in [2.05, 4.69) is 5.32 Å². The van der Waals surface area contributed by atoms with Gasteiger partial charge in [0.15, 0.2) is 0 Å². The molecule has 0 saturated carbocycles. The Kier molecular flexibility index (Phi) is 6.25. The Morgan fingerprint density at radius 3 is 2.66 bits per heavy atom. The lowest BCUT2D eigenvalue weighted by Crippen LogP contribution is -2.42. The molecule has 1 N–H and O–H groups in total. The standard InChI is InChI=1S/C18H20ClN3O6S/c1-12-16(19)9-15(10-17(12)22(24)25)29(26,27)21-6-4-13(5-7-21)18(23)20-11-14-3-2-8-28-14/h2-3,8-10,13H,4-7,11H2,1H3,(H,20,23). The van der Waals surface area contributed by atoms with Crippen LogP contribution in [0.4, 0.5) is 5.69 Å². The van der Waals surface area contributed by atoms with Gasteiger partial charge in [-0.15, -0.1) is 0 Å². The van der Waals surface area contributed by atoms with Crippen molar-refractivity contribution in [1.82, 2.24) is 9.62 Å². The third kappa shape index (κ3) is 4.60. The third-order valence-electron chi connectivity index (χ3n) is 4.97. The van der Waals surface area contributed by atoms with E-state index in [1.165, 1.54) is 23.6 Å². The largest absolute Gasteiger partial charge is 0.467 e. The van der Waals surface area contributed by atoms with Gasteiger partial charge in [0.2, 0.25) is 15.9 Å². The Morgan fingerprint density at radius 1 is 1.38 bits per heavy atom. The Morgan fingerprint density at radius 2 is 2.07 bits per heavy atom. The molecule has 1 aliphatic rings. The van der Waals surface area contributed by atoms with Gasteiger partial charge in [0, 0.05) is 30.6 Å². The van der Waals surface area contributed by atoms with Crippen molar-refractivity contribution < 1.29 is 22.6 Å². The molecule has 0 radical (unpaired) electrons. The van der Waals surface area contributed by atoms with Gasteiger partial charge < -0.3 is 9.73 Å². The summed E-state index contributed by atoms with van der Waals surface area (Å²) in [6.45, 7) is 2.01. The molecule has 156 valence electrons. The second-order valence-electron chi connectivity index (χ2n) is 6.78. The van der Waals surface area contributed by atoms with Crippen LogP contribution in [0.3, 0.4) is 0 Å². The SMILES string of the molecule is Cc1c(Cl)cc(S(=O)(=O)N2CCC(C(=O)NCc3ccco3)CC2)cc1[N+](=O)[O-]. The second kappa shape index (κ2) is 8.52. The number of rotatable bonds is 6. The number of nitro groups is 1. The molecule has 0 unspecified atom stereocenters. The maximum Gasteiger partial charge on any atom is 0.275 e. The van der Waals surface area contributed by atoms with Gasteiger partial charge in [0.05, 0.1) is 27.6 Å². The minimum atomic E-state index is -3.96. The molecule has 1 saturated heterocycles. The van der Waals surface area contributed by atoms with E-state index in [1.54, 1.807) is 12.1 Å². The summed E-state index contributed by atoms with van der Waals surface area (Å²) in [4.78, 5) is 22.6. The number of halogens is 1. The quantitative estimate of drug-likeness (QED) is 0.543. The van der Waals surface area contributed by atoms with E-state index in [0.29, 0.717) is 18.6 Å². The number of carbonyl (C=O) groups excluding carboxylic acids is 1. The van der Waals surface area contributed by atoms with Gasteiger partial charge in [0.25, 0.3) is 5.69 Å². The number of carbonyl (C=O) groups is 1. The first-order valence-corrected chi connectivity index (χ1v) is 10.8. The van der Waals surface area contributed by atoms with Gasteiger partial charge in [-0.2, -0.15) is 4.31 Å². The van der Waals surface area contributed by atoms with Crippen molar-refractivity contribution in [3.63, 3.8) is 0 Å². The molecule has 1 aliphatic heterocycles. The number of piperidine rings is 1. The highest BCUT2D eigenvalue weighted by molar-refractivity contribution is 7.89. The fourth-order valence-corrected chi connectivity index (χ4v) is 5.01. The molecular formula is C18H20ClN3O6S. The van der Waals surface area contributed by atoms with Crippen LogP contribution >= 0.6 is 11.6 Å². The molecule has 1 amide bonds. The van der Waals surface area contributed by atoms with Crippen LogP contribution in [-0.4, -0.2) is 36.6 Å². The molecule has 11 heteroatoms. The van der Waals surface area contributed by atoms with E-state index in [9.17, 15) is 23.3 Å². The van der Waals surface area contributed by atoms with Crippen LogP contribution in [0.5, 0.6) is 0 Å². The summed E-state index contributed by atoms with van der Waals surface area (Å²) in [6.07, 6.45) is 2.22. The third-order valence-corrected chi connectivity index (χ3v) is 7.24. The van der Waals surface area contributed by atoms with Crippen molar-refractivity contribution in [2.45, 2.75) is 31.2 Å². The number of sulfonamides is 1. The topological polar surface area (TPSA) is 123 Å². The molecule has 0 atom stereocenters. The van der Waals surface area contributed by atoms with E-state index in [1.807, 2.05) is 0 Å². The van der Waals surface area contributed by atoms with Crippen LogP contribution in [0.1, 0.15) is 24.2 Å². The summed E-state index contributed by atoms with van der Waals surface area (Å²) in [5.41, 5.74) is -0.134. The summed E-state index contributed by atoms with van der Waals surface area (Å²) in [6, 6.07) is 5.73. The summed E-state index contributed by atoms with van der Waals surface area (Å²) >= 11 is 6.00. The zero-order valence-corrected chi connectivity index (χ0v) is 17.2. The normalized spacial score (nSPS) is 15.9. The van der Waals surface area contributed by atoms with Crippen molar-refractivity contribution in [2.24, 2.45) is 5.92 Å². The molecule has 0 aliphatic carbocycles. The van der Waals surface area contributed by atoms with Crippen LogP contribution in [0.2, 0.25) is 5.02 Å². The van der Waals surface area contributed by atoms with Crippen LogP contribution in [0.25, 0.3) is 0 Å². The van der Waals surface area contributed by atoms with Gasteiger partial charge in [-0.25, -0.2) is 8.42 Å². The number of benzene rings is 1. The molecule has 1 fully saturated rings. The molecule has 1 aromatic heterocycles. The fraction of sp³-hybridized carbons (Fsp3) is 0.389. The Labute approximate surface area is 172 Å². The van der Waals surface area contributed by atoms with Crippen molar-refractivity contribution in [3.8, 4) is 0 Å². The Bertz CT molecular complexity index is 1010. The van der Waals surface area contributed by atoms with Crippen molar-refractivity contribution in [2.75, 3.05) is 13.1 Å². The number of hydrogen-bond donors (Lipinski definition) is 1. The number of nitrogens with one attached hydrogen (secondary N) is 1. The fourth-order valence-electron chi connectivity index (χ4n) is 3.22. The Hall–Kier alpha value is -2.43. The molecule has 9 nitrogen and oxygen atoms in total. The number of amides is 1. The highest BCUT2D eigenvalue weighted by atomic mass is 35.5. The molecule has 3 rings (SSSR count). The van der Waals surface area contributed by atoms with Crippen molar-refractivity contribution in [1.29, 1.82) is 0 Å². The number of furan rings is 1. The van der Waals surface area contributed by atoms with Gasteiger partial charge in [-0.3, -0.25) is 14.9 Å². The lowest BCUT2D eigenvalue weighted by molar-refractivity contribution is -0.385. The first-order valence-electron chi connectivity index (χ1n) is 8.95. The first kappa shape index (κ1) is 21.3. The van der Waals surface area contributed by atoms with Crippen LogP contribution < -0.4 is 5.32 Å². The number of hydrogen-bond acceptors (Lipinski definition) is 6. The van der Waals surface area contributed by atoms with Crippen LogP contribution in [-0.2, 0) is 21.4 Å². The van der Waals surface area contributed by atoms with E-state index < -0.39 is 14.9 Å². The van der Waals surface area contributed by atoms with E-state index in [0.717, 1.165) is 6.07 Å². The predicted octanol–water partition coefficient (Wildman–Crippen LogP) is 2.87. The molecule has 2 heterocycles. The van der Waals surface area contributed by atoms with Gasteiger partial charge in [0.1, 0.15) is 5.76 Å². The predicted molar refractivity (Wildman–Crippen MR) is 105 cm³/mol. The van der Waals surface area contributed by atoms with Crippen LogP contribution in [0.15, 0.2) is 39.8 Å². The molecule has 1 aromatic carbocycles. The molecule has 0 spiro atoms. The van der Waals surface area contributed by atoms with Gasteiger partial charge >= 0.3 is 0 Å². The molecule has 2 aromatic rings. The number of nitro benzene ring substituents is 1. The van der Waals surface area contributed by atoms with Crippen molar-refractivity contribution in [3.05, 3.63) is 57.0 Å². The smallest absolute Gasteiger partial charge is 0.275 e. The van der Waals surface area contributed by atoms with Crippen molar-refractivity contribution >= 4 is 33.2 Å². The average Bonchev–Trinajstić information content (AvgIpc) is 3.21. The van der Waals surface area contributed by atoms with Gasteiger partial charge in [-0.1, -0.05) is 11.6 Å². The monoisotopic (exact) mass is 441 g/mol.